The van der Waals surface area contributed by atoms with Gasteiger partial charge in [-0.2, -0.15) is 0 Å². The highest BCUT2D eigenvalue weighted by atomic mass is 16.3. The molecule has 1 rings (SSSR count). The zero-order valence-corrected chi connectivity index (χ0v) is 9.05. The van der Waals surface area contributed by atoms with Gasteiger partial charge in [-0.3, -0.25) is 0 Å². The second-order valence-electron chi connectivity index (χ2n) is 4.39. The Hall–Kier alpha value is -0.800. The molecule has 3 heteroatoms. The van der Waals surface area contributed by atoms with E-state index in [4.69, 9.17) is 10.2 Å². The number of hydrogen-bond acceptors (Lipinski definition) is 3. The van der Waals surface area contributed by atoms with Crippen molar-refractivity contribution in [3.63, 3.8) is 0 Å². The topological polar surface area (TPSA) is 51.2 Å². The summed E-state index contributed by atoms with van der Waals surface area (Å²) in [5.41, 5.74) is 5.80. The minimum atomic E-state index is 0.265. The van der Waals surface area contributed by atoms with Crippen LogP contribution in [0.4, 0.5) is 0 Å². The van der Waals surface area contributed by atoms with Crippen LogP contribution in [0.1, 0.15) is 26.0 Å². The molecule has 0 aromatic carbocycles. The average molecular weight is 196 g/mol. The number of furan rings is 1. The molecule has 0 spiro atoms. The second-order valence-corrected chi connectivity index (χ2v) is 4.39. The van der Waals surface area contributed by atoms with E-state index < -0.39 is 0 Å². The Bertz CT molecular complexity index is 242. The van der Waals surface area contributed by atoms with E-state index in [1.165, 1.54) is 0 Å². The fourth-order valence-corrected chi connectivity index (χ4v) is 1.42. The van der Waals surface area contributed by atoms with Gasteiger partial charge in [-0.1, -0.05) is 13.8 Å². The number of rotatable bonds is 6. The van der Waals surface area contributed by atoms with Crippen molar-refractivity contribution in [3.05, 3.63) is 24.2 Å². The molecule has 0 radical (unpaired) electrons. The predicted molar refractivity (Wildman–Crippen MR) is 57.9 cm³/mol. The molecule has 1 aromatic heterocycles. The average Bonchev–Trinajstić information content (AvgIpc) is 2.56. The van der Waals surface area contributed by atoms with E-state index in [1.807, 2.05) is 12.1 Å². The molecule has 0 unspecified atom stereocenters. The van der Waals surface area contributed by atoms with Gasteiger partial charge in [0.05, 0.1) is 12.8 Å². The lowest BCUT2D eigenvalue weighted by Gasteiger charge is -2.23. The van der Waals surface area contributed by atoms with Gasteiger partial charge < -0.3 is 15.5 Å². The summed E-state index contributed by atoms with van der Waals surface area (Å²) >= 11 is 0. The third-order valence-electron chi connectivity index (χ3n) is 2.30. The zero-order valence-electron chi connectivity index (χ0n) is 9.05. The summed E-state index contributed by atoms with van der Waals surface area (Å²) in [5, 5.41) is 3.36. The molecule has 1 heterocycles. The van der Waals surface area contributed by atoms with Crippen LogP contribution in [0.3, 0.4) is 0 Å². The molecule has 1 aromatic rings. The Kier molecular flexibility index (Phi) is 4.17. The number of hydrogen-bond donors (Lipinski definition) is 2. The summed E-state index contributed by atoms with van der Waals surface area (Å²) in [7, 11) is 0. The van der Waals surface area contributed by atoms with Crippen molar-refractivity contribution in [1.29, 1.82) is 0 Å². The molecule has 0 aliphatic heterocycles. The summed E-state index contributed by atoms with van der Waals surface area (Å²) in [6.45, 7) is 6.94. The van der Waals surface area contributed by atoms with Crippen LogP contribution in [0, 0.1) is 5.41 Å². The SMILES string of the molecule is CC(C)(CCN)CNCc1ccco1. The van der Waals surface area contributed by atoms with Crippen LogP contribution in [0.5, 0.6) is 0 Å². The lowest BCUT2D eigenvalue weighted by molar-refractivity contribution is 0.313. The first-order valence-corrected chi connectivity index (χ1v) is 5.07. The smallest absolute Gasteiger partial charge is 0.117 e. The molecule has 0 aliphatic carbocycles. The van der Waals surface area contributed by atoms with E-state index in [-0.39, 0.29) is 5.41 Å². The minimum Gasteiger partial charge on any atom is -0.468 e. The molecule has 0 saturated heterocycles. The van der Waals surface area contributed by atoms with E-state index in [0.717, 1.165) is 31.8 Å². The zero-order chi connectivity index (χ0) is 10.4. The second kappa shape index (κ2) is 5.17. The van der Waals surface area contributed by atoms with Crippen LogP contribution >= 0.6 is 0 Å². The van der Waals surface area contributed by atoms with Gasteiger partial charge in [0.2, 0.25) is 0 Å². The summed E-state index contributed by atoms with van der Waals surface area (Å²) in [6, 6.07) is 3.88. The lowest BCUT2D eigenvalue weighted by atomic mass is 9.89. The van der Waals surface area contributed by atoms with Crippen molar-refractivity contribution in [3.8, 4) is 0 Å². The molecule has 80 valence electrons. The van der Waals surface area contributed by atoms with E-state index >= 15 is 0 Å². The molecule has 0 amide bonds. The molecular weight excluding hydrogens is 176 g/mol. The quantitative estimate of drug-likeness (QED) is 0.728. The van der Waals surface area contributed by atoms with Crippen molar-refractivity contribution in [2.24, 2.45) is 11.1 Å². The molecule has 0 bridgehead atoms. The molecule has 0 atom stereocenters. The predicted octanol–water partition coefficient (Wildman–Crippen LogP) is 1.74. The largest absolute Gasteiger partial charge is 0.468 e. The van der Waals surface area contributed by atoms with Crippen molar-refractivity contribution >= 4 is 0 Å². The normalized spacial score (nSPS) is 11.9. The maximum Gasteiger partial charge on any atom is 0.117 e. The van der Waals surface area contributed by atoms with Crippen molar-refractivity contribution in [1.82, 2.24) is 5.32 Å². The molecule has 0 fully saturated rings. The van der Waals surface area contributed by atoms with E-state index in [2.05, 4.69) is 19.2 Å². The Balaban J connectivity index is 2.20. The van der Waals surface area contributed by atoms with Gasteiger partial charge in [-0.05, 0) is 30.5 Å². The van der Waals surface area contributed by atoms with E-state index in [1.54, 1.807) is 6.26 Å². The van der Waals surface area contributed by atoms with Crippen LogP contribution < -0.4 is 11.1 Å². The Morgan fingerprint density at radius 3 is 2.86 bits per heavy atom. The fourth-order valence-electron chi connectivity index (χ4n) is 1.42. The highest BCUT2D eigenvalue weighted by Crippen LogP contribution is 2.17. The molecule has 0 aliphatic rings. The number of nitrogens with one attached hydrogen (secondary N) is 1. The molecule has 3 nitrogen and oxygen atoms in total. The third kappa shape index (κ3) is 3.94. The monoisotopic (exact) mass is 196 g/mol. The Morgan fingerprint density at radius 2 is 2.29 bits per heavy atom. The Morgan fingerprint density at radius 1 is 1.50 bits per heavy atom. The molecular formula is C11H20N2O. The van der Waals surface area contributed by atoms with Crippen molar-refractivity contribution in [2.75, 3.05) is 13.1 Å². The van der Waals surface area contributed by atoms with Crippen LogP contribution in [-0.2, 0) is 6.54 Å². The van der Waals surface area contributed by atoms with Gasteiger partial charge in [0, 0.05) is 6.54 Å². The van der Waals surface area contributed by atoms with E-state index in [9.17, 15) is 0 Å². The maximum absolute atomic E-state index is 5.53. The van der Waals surface area contributed by atoms with Gasteiger partial charge in [-0.15, -0.1) is 0 Å². The summed E-state index contributed by atoms with van der Waals surface area (Å²) in [6.07, 6.45) is 2.74. The highest BCUT2D eigenvalue weighted by Gasteiger charge is 2.15. The highest BCUT2D eigenvalue weighted by molar-refractivity contribution is 4.97. The van der Waals surface area contributed by atoms with Crippen molar-refractivity contribution in [2.45, 2.75) is 26.8 Å². The van der Waals surface area contributed by atoms with Crippen LogP contribution in [0.2, 0.25) is 0 Å². The standard InChI is InChI=1S/C11H20N2O/c1-11(2,5-6-12)9-13-8-10-4-3-7-14-10/h3-4,7,13H,5-6,8-9,12H2,1-2H3. The van der Waals surface area contributed by atoms with E-state index in [0.29, 0.717) is 0 Å². The summed E-state index contributed by atoms with van der Waals surface area (Å²) < 4.78 is 5.22. The van der Waals surface area contributed by atoms with Crippen LogP contribution in [0.25, 0.3) is 0 Å². The molecule has 0 saturated carbocycles. The summed E-state index contributed by atoms with van der Waals surface area (Å²) in [4.78, 5) is 0. The van der Waals surface area contributed by atoms with Gasteiger partial charge in [0.15, 0.2) is 0 Å². The van der Waals surface area contributed by atoms with Gasteiger partial charge in [0.25, 0.3) is 0 Å². The fraction of sp³-hybridized carbons (Fsp3) is 0.636. The van der Waals surface area contributed by atoms with Crippen LogP contribution in [0.15, 0.2) is 22.8 Å². The summed E-state index contributed by atoms with van der Waals surface area (Å²) in [5.74, 6) is 0.980. The van der Waals surface area contributed by atoms with Gasteiger partial charge >= 0.3 is 0 Å². The first-order valence-electron chi connectivity index (χ1n) is 5.07. The molecule has 3 N–H and O–H groups in total. The minimum absolute atomic E-state index is 0.265. The van der Waals surface area contributed by atoms with Crippen LogP contribution in [-0.4, -0.2) is 13.1 Å². The van der Waals surface area contributed by atoms with Gasteiger partial charge in [-0.25, -0.2) is 0 Å². The number of nitrogens with two attached hydrogens (primary N) is 1. The Labute approximate surface area is 85.7 Å². The first-order chi connectivity index (χ1) is 6.64. The third-order valence-corrected chi connectivity index (χ3v) is 2.30. The van der Waals surface area contributed by atoms with Gasteiger partial charge in [0.1, 0.15) is 5.76 Å². The first kappa shape index (κ1) is 11.3. The molecule has 14 heavy (non-hydrogen) atoms. The van der Waals surface area contributed by atoms with Crippen molar-refractivity contribution < 1.29 is 4.42 Å². The lowest BCUT2D eigenvalue weighted by Crippen LogP contribution is -2.30. The maximum atomic E-state index is 5.53.